The number of esters is 1. The van der Waals surface area contributed by atoms with Gasteiger partial charge in [0.1, 0.15) is 25.4 Å². The molecule has 0 amide bonds. The molecule has 120 valence electrons. The van der Waals surface area contributed by atoms with E-state index in [-0.39, 0.29) is 6.61 Å². The Hall–Kier alpha value is -2.25. The van der Waals surface area contributed by atoms with E-state index < -0.39 is 36.5 Å². The van der Waals surface area contributed by atoms with Gasteiger partial charge in [0.2, 0.25) is 0 Å². The number of aliphatic carboxylic acids is 1. The molecule has 0 aliphatic rings. The minimum absolute atomic E-state index is 0.0216. The van der Waals surface area contributed by atoms with Crippen molar-refractivity contribution in [3.8, 4) is 0 Å². The van der Waals surface area contributed by atoms with Crippen molar-refractivity contribution in [1.29, 1.82) is 0 Å². The third-order valence-electron chi connectivity index (χ3n) is 2.62. The maximum absolute atomic E-state index is 11.8. The van der Waals surface area contributed by atoms with Crippen molar-refractivity contribution in [1.82, 2.24) is 0 Å². The number of carboxylic acid groups (broad SMARTS) is 1. The fraction of sp³-hybridized carbons (Fsp3) is 0.400. The first-order valence-electron chi connectivity index (χ1n) is 6.51. The molecule has 2 N–H and O–H groups in total. The fourth-order valence-electron chi connectivity index (χ4n) is 1.53. The normalized spacial score (nSPS) is 11.0. The number of ether oxygens (including phenoxy) is 2. The number of ketones is 1. The van der Waals surface area contributed by atoms with Crippen molar-refractivity contribution in [2.45, 2.75) is 26.1 Å². The van der Waals surface area contributed by atoms with E-state index in [2.05, 4.69) is 4.74 Å². The third kappa shape index (κ3) is 6.02. The number of benzene rings is 1. The second-order valence-electron chi connectivity index (χ2n) is 5.13. The Kier molecular flexibility index (Phi) is 6.21. The van der Waals surface area contributed by atoms with Crippen molar-refractivity contribution >= 4 is 17.7 Å². The lowest BCUT2D eigenvalue weighted by Crippen LogP contribution is -2.31. The van der Waals surface area contributed by atoms with Crippen LogP contribution in [0.3, 0.4) is 0 Å². The number of Topliss-reactive ketones (excluding diaryl/α,β-unsaturated/α-hetero) is 1. The molecule has 7 heteroatoms. The van der Waals surface area contributed by atoms with Crippen LogP contribution in [0.15, 0.2) is 24.3 Å². The summed E-state index contributed by atoms with van der Waals surface area (Å²) in [6.45, 7) is 1.78. The molecule has 0 atom stereocenters. The lowest BCUT2D eigenvalue weighted by Gasteiger charge is -2.15. The Morgan fingerprint density at radius 1 is 1.09 bits per heavy atom. The van der Waals surface area contributed by atoms with Crippen LogP contribution in [0.4, 0.5) is 0 Å². The molecule has 1 aromatic rings. The fourth-order valence-corrected chi connectivity index (χ4v) is 1.53. The average Bonchev–Trinajstić information content (AvgIpc) is 2.43. The molecule has 0 saturated carbocycles. The molecule has 0 aromatic heterocycles. The molecule has 1 rings (SSSR count). The minimum atomic E-state index is -1.45. The van der Waals surface area contributed by atoms with Gasteiger partial charge in [0.05, 0.1) is 0 Å². The Bertz CT molecular complexity index is 540. The van der Waals surface area contributed by atoms with E-state index in [1.54, 1.807) is 12.1 Å². The SMILES string of the molecule is CC(C)(O)C(=O)c1ccc(COC(=O)COCC(=O)O)cc1. The topological polar surface area (TPSA) is 110 Å². The monoisotopic (exact) mass is 310 g/mol. The summed E-state index contributed by atoms with van der Waals surface area (Å²) in [7, 11) is 0. The van der Waals surface area contributed by atoms with Crippen molar-refractivity contribution in [2.24, 2.45) is 0 Å². The van der Waals surface area contributed by atoms with Gasteiger partial charge in [-0.05, 0) is 19.4 Å². The number of carbonyl (C=O) groups is 3. The second kappa shape index (κ2) is 7.67. The minimum Gasteiger partial charge on any atom is -0.480 e. The van der Waals surface area contributed by atoms with Crippen LogP contribution in [0.5, 0.6) is 0 Å². The first kappa shape index (κ1) is 17.8. The first-order valence-corrected chi connectivity index (χ1v) is 6.51. The van der Waals surface area contributed by atoms with Crippen LogP contribution < -0.4 is 0 Å². The standard InChI is InChI=1S/C15H18O7/c1-15(2,20)14(19)11-5-3-10(4-6-11)7-22-13(18)9-21-8-12(16)17/h3-6,20H,7-9H2,1-2H3,(H,16,17). The van der Waals surface area contributed by atoms with Gasteiger partial charge in [0, 0.05) is 5.56 Å². The van der Waals surface area contributed by atoms with Crippen molar-refractivity contribution in [3.63, 3.8) is 0 Å². The van der Waals surface area contributed by atoms with Gasteiger partial charge in [-0.3, -0.25) is 4.79 Å². The molecular weight excluding hydrogens is 292 g/mol. The summed E-state index contributed by atoms with van der Waals surface area (Å²) in [5.74, 6) is -2.25. The van der Waals surface area contributed by atoms with E-state index in [4.69, 9.17) is 9.84 Å². The maximum Gasteiger partial charge on any atom is 0.332 e. The predicted molar refractivity (Wildman–Crippen MR) is 75.3 cm³/mol. The molecule has 0 spiro atoms. The molecule has 22 heavy (non-hydrogen) atoms. The Morgan fingerprint density at radius 2 is 1.68 bits per heavy atom. The number of carbonyl (C=O) groups excluding carboxylic acids is 2. The molecule has 0 heterocycles. The summed E-state index contributed by atoms with van der Waals surface area (Å²) in [6.07, 6.45) is 0. The van der Waals surface area contributed by atoms with Crippen LogP contribution in [0, 0.1) is 0 Å². The summed E-state index contributed by atoms with van der Waals surface area (Å²) < 4.78 is 9.47. The van der Waals surface area contributed by atoms with E-state index in [1.165, 1.54) is 26.0 Å². The average molecular weight is 310 g/mol. The molecule has 7 nitrogen and oxygen atoms in total. The summed E-state index contributed by atoms with van der Waals surface area (Å²) >= 11 is 0. The lowest BCUT2D eigenvalue weighted by molar-refractivity contribution is -0.153. The molecule has 0 saturated heterocycles. The highest BCUT2D eigenvalue weighted by Crippen LogP contribution is 2.14. The Morgan fingerprint density at radius 3 is 2.18 bits per heavy atom. The molecule has 0 bridgehead atoms. The van der Waals surface area contributed by atoms with Gasteiger partial charge in [0.15, 0.2) is 5.78 Å². The number of rotatable bonds is 8. The lowest BCUT2D eigenvalue weighted by atomic mass is 9.96. The van der Waals surface area contributed by atoms with Crippen LogP contribution in [-0.4, -0.2) is 46.7 Å². The van der Waals surface area contributed by atoms with Crippen molar-refractivity contribution in [2.75, 3.05) is 13.2 Å². The van der Waals surface area contributed by atoms with Crippen LogP contribution in [0.2, 0.25) is 0 Å². The number of aliphatic hydroxyl groups is 1. The molecule has 0 aliphatic carbocycles. The summed E-state index contributed by atoms with van der Waals surface area (Å²) in [4.78, 5) is 33.3. The first-order chi connectivity index (χ1) is 10.2. The summed E-state index contributed by atoms with van der Waals surface area (Å²) in [5, 5.41) is 18.0. The largest absolute Gasteiger partial charge is 0.480 e. The third-order valence-corrected chi connectivity index (χ3v) is 2.62. The molecule has 0 radical (unpaired) electrons. The molecule has 1 aromatic carbocycles. The van der Waals surface area contributed by atoms with Crippen LogP contribution in [0.1, 0.15) is 29.8 Å². The highest BCUT2D eigenvalue weighted by Gasteiger charge is 2.24. The zero-order chi connectivity index (χ0) is 16.8. The van der Waals surface area contributed by atoms with Gasteiger partial charge in [-0.15, -0.1) is 0 Å². The van der Waals surface area contributed by atoms with E-state index in [0.717, 1.165) is 0 Å². The van der Waals surface area contributed by atoms with Crippen molar-refractivity contribution < 1.29 is 34.1 Å². The maximum atomic E-state index is 11.8. The van der Waals surface area contributed by atoms with Gasteiger partial charge < -0.3 is 19.7 Å². The quantitative estimate of drug-likeness (QED) is 0.539. The van der Waals surface area contributed by atoms with Crippen LogP contribution in [0.25, 0.3) is 0 Å². The van der Waals surface area contributed by atoms with Gasteiger partial charge in [-0.25, -0.2) is 9.59 Å². The van der Waals surface area contributed by atoms with Gasteiger partial charge in [0.25, 0.3) is 0 Å². The van der Waals surface area contributed by atoms with Crippen LogP contribution in [-0.2, 0) is 25.7 Å². The highest BCUT2D eigenvalue weighted by atomic mass is 16.6. The predicted octanol–water partition coefficient (Wildman–Crippen LogP) is 0.785. The number of hydrogen-bond acceptors (Lipinski definition) is 6. The van der Waals surface area contributed by atoms with Gasteiger partial charge >= 0.3 is 11.9 Å². The van der Waals surface area contributed by atoms with Gasteiger partial charge in [-0.1, -0.05) is 24.3 Å². The zero-order valence-corrected chi connectivity index (χ0v) is 12.4. The zero-order valence-electron chi connectivity index (χ0n) is 12.4. The van der Waals surface area contributed by atoms with Crippen LogP contribution >= 0.6 is 0 Å². The number of carboxylic acids is 1. The molecule has 0 fully saturated rings. The highest BCUT2D eigenvalue weighted by molar-refractivity contribution is 6.01. The second-order valence-corrected chi connectivity index (χ2v) is 5.13. The molecule has 0 aliphatic heterocycles. The van der Waals surface area contributed by atoms with Gasteiger partial charge in [-0.2, -0.15) is 0 Å². The molecular formula is C15H18O7. The van der Waals surface area contributed by atoms with E-state index in [9.17, 15) is 19.5 Å². The number of hydrogen-bond donors (Lipinski definition) is 2. The van der Waals surface area contributed by atoms with E-state index in [1.807, 2.05) is 0 Å². The van der Waals surface area contributed by atoms with E-state index in [0.29, 0.717) is 11.1 Å². The Balaban J connectivity index is 2.46. The van der Waals surface area contributed by atoms with E-state index >= 15 is 0 Å². The van der Waals surface area contributed by atoms with Crippen molar-refractivity contribution in [3.05, 3.63) is 35.4 Å². The summed E-state index contributed by atoms with van der Waals surface area (Å²) in [6, 6.07) is 6.27. The Labute approximate surface area is 127 Å². The molecule has 0 unspecified atom stereocenters. The smallest absolute Gasteiger partial charge is 0.332 e. The summed E-state index contributed by atoms with van der Waals surface area (Å²) in [5.41, 5.74) is -0.443.